The summed E-state index contributed by atoms with van der Waals surface area (Å²) in [6, 6.07) is 24.1. The van der Waals surface area contributed by atoms with Crippen LogP contribution in [0.15, 0.2) is 107 Å². The second-order valence-corrected chi connectivity index (χ2v) is 13.1. The number of ether oxygens (including phenoxy) is 1. The highest BCUT2D eigenvalue weighted by Gasteiger charge is 2.37. The molecule has 1 amide bonds. The van der Waals surface area contributed by atoms with E-state index >= 15 is 0 Å². The SMILES string of the molecule is O=C(Nc1ccc(S(=O)(=O)Nc2ccccc2Cl)cc1)C1CN(S(=O)(=O)c2ccc(Cl)cc2)c2ccccc2O1. The number of anilines is 3. The van der Waals surface area contributed by atoms with E-state index in [1.165, 1.54) is 54.6 Å². The van der Waals surface area contributed by atoms with Crippen molar-refractivity contribution in [1.82, 2.24) is 0 Å². The van der Waals surface area contributed by atoms with Crippen LogP contribution in [0.25, 0.3) is 0 Å². The summed E-state index contributed by atoms with van der Waals surface area (Å²) in [5.41, 5.74) is 0.813. The third-order valence-corrected chi connectivity index (χ3v) is 9.74. The van der Waals surface area contributed by atoms with Gasteiger partial charge in [-0.1, -0.05) is 47.5 Å². The summed E-state index contributed by atoms with van der Waals surface area (Å²) in [4.78, 5) is 13.1. The summed E-state index contributed by atoms with van der Waals surface area (Å²) < 4.78 is 61.9. The van der Waals surface area contributed by atoms with Crippen LogP contribution < -0.4 is 19.1 Å². The summed E-state index contributed by atoms with van der Waals surface area (Å²) in [7, 11) is -7.99. The molecular formula is C27H21Cl2N3O6S2. The van der Waals surface area contributed by atoms with Gasteiger partial charge in [0.05, 0.1) is 32.7 Å². The molecule has 1 aliphatic heterocycles. The number of fused-ring (bicyclic) bond motifs is 1. The lowest BCUT2D eigenvalue weighted by molar-refractivity contribution is -0.122. The number of hydrogen-bond donors (Lipinski definition) is 2. The summed E-state index contributed by atoms with van der Waals surface area (Å²) in [5, 5.41) is 3.29. The molecule has 0 aliphatic carbocycles. The summed E-state index contributed by atoms with van der Waals surface area (Å²) in [5.74, 6) is -0.394. The molecule has 9 nitrogen and oxygen atoms in total. The zero-order valence-electron chi connectivity index (χ0n) is 20.5. The van der Waals surface area contributed by atoms with E-state index in [1.54, 1.807) is 42.5 Å². The average molecular weight is 619 g/mol. The highest BCUT2D eigenvalue weighted by Crippen LogP contribution is 2.37. The van der Waals surface area contributed by atoms with Gasteiger partial charge in [0, 0.05) is 10.7 Å². The highest BCUT2D eigenvalue weighted by molar-refractivity contribution is 7.93. The molecule has 4 aromatic rings. The minimum atomic E-state index is -4.05. The average Bonchev–Trinajstić information content (AvgIpc) is 2.94. The third kappa shape index (κ3) is 5.73. The van der Waals surface area contributed by atoms with E-state index in [0.717, 1.165) is 4.31 Å². The van der Waals surface area contributed by atoms with E-state index in [0.29, 0.717) is 10.7 Å². The fraction of sp³-hybridized carbons (Fsp3) is 0.0741. The van der Waals surface area contributed by atoms with E-state index in [4.69, 9.17) is 27.9 Å². The molecule has 206 valence electrons. The Morgan fingerprint density at radius 3 is 2.12 bits per heavy atom. The number of carbonyl (C=O) groups excluding carboxylic acids is 1. The molecular weight excluding hydrogens is 597 g/mol. The normalized spacial score (nSPS) is 15.1. The van der Waals surface area contributed by atoms with Crippen molar-refractivity contribution >= 4 is 66.2 Å². The lowest BCUT2D eigenvalue weighted by atomic mass is 10.2. The second kappa shape index (κ2) is 11.0. The zero-order valence-corrected chi connectivity index (χ0v) is 23.6. The zero-order chi connectivity index (χ0) is 28.5. The van der Waals surface area contributed by atoms with Gasteiger partial charge in [0.15, 0.2) is 6.10 Å². The van der Waals surface area contributed by atoms with E-state index in [-0.39, 0.29) is 38.5 Å². The van der Waals surface area contributed by atoms with Crippen LogP contribution in [0, 0.1) is 0 Å². The third-order valence-electron chi connectivity index (χ3n) is 5.98. The number of halogens is 2. The van der Waals surface area contributed by atoms with Crippen LogP contribution in [0.1, 0.15) is 0 Å². The molecule has 2 N–H and O–H groups in total. The van der Waals surface area contributed by atoms with Crippen molar-refractivity contribution in [2.24, 2.45) is 0 Å². The number of benzene rings is 4. The van der Waals surface area contributed by atoms with Crippen LogP contribution in [0.5, 0.6) is 5.75 Å². The molecule has 1 atom stereocenters. The topological polar surface area (TPSA) is 122 Å². The van der Waals surface area contributed by atoms with Gasteiger partial charge in [-0.25, -0.2) is 16.8 Å². The minimum Gasteiger partial charge on any atom is -0.476 e. The van der Waals surface area contributed by atoms with E-state index in [1.807, 2.05) is 0 Å². The Balaban J connectivity index is 1.34. The molecule has 1 aliphatic rings. The molecule has 0 aromatic heterocycles. The lowest BCUT2D eigenvalue weighted by Gasteiger charge is -2.34. The Kier molecular flexibility index (Phi) is 7.65. The van der Waals surface area contributed by atoms with Crippen LogP contribution in [-0.2, 0) is 24.8 Å². The number of carbonyl (C=O) groups is 1. The van der Waals surface area contributed by atoms with Crippen molar-refractivity contribution in [3.05, 3.63) is 107 Å². The van der Waals surface area contributed by atoms with Crippen molar-refractivity contribution in [1.29, 1.82) is 0 Å². The maximum absolute atomic E-state index is 13.5. The van der Waals surface area contributed by atoms with Crippen molar-refractivity contribution in [3.63, 3.8) is 0 Å². The number of nitrogens with zero attached hydrogens (tertiary/aromatic N) is 1. The molecule has 0 fully saturated rings. The fourth-order valence-corrected chi connectivity index (χ4v) is 6.91. The quantitative estimate of drug-likeness (QED) is 0.287. The van der Waals surface area contributed by atoms with Gasteiger partial charge >= 0.3 is 0 Å². The molecule has 13 heteroatoms. The number of amides is 1. The number of sulfonamides is 2. The number of para-hydroxylation sites is 3. The van der Waals surface area contributed by atoms with Crippen molar-refractivity contribution < 1.29 is 26.4 Å². The number of nitrogens with one attached hydrogen (secondary N) is 2. The number of rotatable bonds is 7. The van der Waals surface area contributed by atoms with Gasteiger partial charge in [-0.15, -0.1) is 0 Å². The van der Waals surface area contributed by atoms with E-state index in [9.17, 15) is 21.6 Å². The van der Waals surface area contributed by atoms with Crippen LogP contribution >= 0.6 is 23.2 Å². The predicted octanol–water partition coefficient (Wildman–Crippen LogP) is 5.39. The summed E-state index contributed by atoms with van der Waals surface area (Å²) in [6.45, 7) is -0.290. The molecule has 5 rings (SSSR count). The minimum absolute atomic E-state index is 0.00922. The van der Waals surface area contributed by atoms with Gasteiger partial charge in [0.1, 0.15) is 5.75 Å². The van der Waals surface area contributed by atoms with Gasteiger partial charge in [0.25, 0.3) is 26.0 Å². The Morgan fingerprint density at radius 2 is 1.43 bits per heavy atom. The largest absolute Gasteiger partial charge is 0.476 e. The van der Waals surface area contributed by atoms with Gasteiger partial charge in [-0.2, -0.15) is 0 Å². The predicted molar refractivity (Wildman–Crippen MR) is 154 cm³/mol. The Morgan fingerprint density at radius 1 is 0.800 bits per heavy atom. The molecule has 1 unspecified atom stereocenters. The lowest BCUT2D eigenvalue weighted by Crippen LogP contribution is -2.48. The van der Waals surface area contributed by atoms with Gasteiger partial charge in [-0.05, 0) is 72.8 Å². The maximum atomic E-state index is 13.5. The second-order valence-electron chi connectivity index (χ2n) is 8.66. The first-order valence-electron chi connectivity index (χ1n) is 11.8. The molecule has 0 saturated heterocycles. The molecule has 0 bridgehead atoms. The van der Waals surface area contributed by atoms with Crippen LogP contribution in [-0.4, -0.2) is 35.4 Å². The smallest absolute Gasteiger partial charge is 0.267 e. The highest BCUT2D eigenvalue weighted by atomic mass is 35.5. The first kappa shape index (κ1) is 27.8. The molecule has 0 radical (unpaired) electrons. The maximum Gasteiger partial charge on any atom is 0.267 e. The van der Waals surface area contributed by atoms with Crippen LogP contribution in [0.3, 0.4) is 0 Å². The first-order chi connectivity index (χ1) is 19.0. The van der Waals surface area contributed by atoms with Crippen molar-refractivity contribution in [3.8, 4) is 5.75 Å². The van der Waals surface area contributed by atoms with Crippen LogP contribution in [0.4, 0.5) is 17.1 Å². The van der Waals surface area contributed by atoms with Crippen molar-refractivity contribution in [2.45, 2.75) is 15.9 Å². The first-order valence-corrected chi connectivity index (χ1v) is 15.4. The van der Waals surface area contributed by atoms with E-state index in [2.05, 4.69) is 10.0 Å². The molecule has 0 saturated carbocycles. The van der Waals surface area contributed by atoms with Crippen molar-refractivity contribution in [2.75, 3.05) is 20.9 Å². The molecule has 4 aromatic carbocycles. The van der Waals surface area contributed by atoms with Gasteiger partial charge in [-0.3, -0.25) is 13.8 Å². The van der Waals surface area contributed by atoms with Gasteiger partial charge in [0.2, 0.25) is 0 Å². The molecule has 1 heterocycles. The molecule has 0 spiro atoms. The standard InChI is InChI=1S/C27H21Cl2N3O6S2/c28-18-9-13-21(14-10-18)40(36,37)32-17-26(38-25-8-4-3-7-24(25)32)27(33)30-19-11-15-20(16-12-19)39(34,35)31-23-6-2-1-5-22(23)29/h1-16,26,31H,17H2,(H,30,33). The van der Waals surface area contributed by atoms with Gasteiger partial charge < -0.3 is 10.1 Å². The Bertz CT molecular complexity index is 1780. The van der Waals surface area contributed by atoms with Crippen LogP contribution in [0.2, 0.25) is 10.0 Å². The van der Waals surface area contributed by atoms with E-state index < -0.39 is 32.1 Å². The monoisotopic (exact) mass is 617 g/mol. The summed E-state index contributed by atoms with van der Waals surface area (Å²) in [6.07, 6.45) is -1.19. The number of hydrogen-bond acceptors (Lipinski definition) is 6. The fourth-order valence-electron chi connectivity index (χ4n) is 3.99. The summed E-state index contributed by atoms with van der Waals surface area (Å²) >= 11 is 12.0. The Hall–Kier alpha value is -3.77. The Labute approximate surface area is 241 Å². The molecule has 40 heavy (non-hydrogen) atoms.